The van der Waals surface area contributed by atoms with Crippen LogP contribution in [0, 0.1) is 0 Å². The molecule has 0 radical (unpaired) electrons. The third-order valence-electron chi connectivity index (χ3n) is 4.21. The molecule has 3 heterocycles. The Labute approximate surface area is 120 Å². The van der Waals surface area contributed by atoms with Crippen LogP contribution in [-0.2, 0) is 4.74 Å². The third-order valence-corrected chi connectivity index (χ3v) is 4.21. The summed E-state index contributed by atoms with van der Waals surface area (Å²) >= 11 is 0. The first-order valence-electron chi connectivity index (χ1n) is 7.79. The van der Waals surface area contributed by atoms with Gasteiger partial charge in [-0.1, -0.05) is 0 Å². The summed E-state index contributed by atoms with van der Waals surface area (Å²) in [5, 5.41) is 11.9. The highest BCUT2D eigenvalue weighted by Gasteiger charge is 2.22. The van der Waals surface area contributed by atoms with Gasteiger partial charge in [0.05, 0.1) is 6.10 Å². The summed E-state index contributed by atoms with van der Waals surface area (Å²) in [5.41, 5.74) is 0. The number of piperidine rings is 1. The molecule has 3 rings (SSSR count). The topological polar surface area (TPSA) is 50.3 Å². The Morgan fingerprint density at radius 1 is 1.30 bits per heavy atom. The SMILES string of the molecule is c1cnnc(N2CCC[C@H](NC[C@@H]3CCCCO3)C2)c1. The zero-order valence-corrected chi connectivity index (χ0v) is 12.0. The zero-order valence-electron chi connectivity index (χ0n) is 12.0. The predicted octanol–water partition coefficient (Wildman–Crippen LogP) is 1.60. The number of nitrogens with zero attached hydrogens (tertiary/aromatic N) is 3. The van der Waals surface area contributed by atoms with Crippen molar-refractivity contribution in [2.45, 2.75) is 44.2 Å². The van der Waals surface area contributed by atoms with Gasteiger partial charge < -0.3 is 15.0 Å². The van der Waals surface area contributed by atoms with Crippen molar-refractivity contribution >= 4 is 5.82 Å². The minimum atomic E-state index is 0.413. The van der Waals surface area contributed by atoms with Gasteiger partial charge in [0, 0.05) is 38.5 Å². The van der Waals surface area contributed by atoms with Gasteiger partial charge in [-0.2, -0.15) is 5.10 Å². The number of ether oxygens (including phenoxy) is 1. The van der Waals surface area contributed by atoms with Gasteiger partial charge in [0.1, 0.15) is 0 Å². The van der Waals surface area contributed by atoms with Crippen LogP contribution < -0.4 is 10.2 Å². The lowest BCUT2D eigenvalue weighted by Gasteiger charge is -2.35. The van der Waals surface area contributed by atoms with Gasteiger partial charge in [0.25, 0.3) is 0 Å². The fourth-order valence-corrected chi connectivity index (χ4v) is 3.08. The zero-order chi connectivity index (χ0) is 13.6. The van der Waals surface area contributed by atoms with Crippen LogP contribution in [0.2, 0.25) is 0 Å². The largest absolute Gasteiger partial charge is 0.377 e. The summed E-state index contributed by atoms with van der Waals surface area (Å²) in [6, 6.07) is 4.53. The molecule has 1 aromatic heterocycles. The van der Waals surface area contributed by atoms with E-state index in [1.54, 1.807) is 6.20 Å². The Hall–Kier alpha value is -1.20. The maximum atomic E-state index is 5.78. The van der Waals surface area contributed by atoms with E-state index in [0.29, 0.717) is 12.1 Å². The summed E-state index contributed by atoms with van der Waals surface area (Å²) in [7, 11) is 0. The Morgan fingerprint density at radius 2 is 2.30 bits per heavy atom. The van der Waals surface area contributed by atoms with E-state index in [1.165, 1.54) is 32.1 Å². The molecule has 1 aromatic rings. The molecule has 0 spiro atoms. The first kappa shape index (κ1) is 13.8. The van der Waals surface area contributed by atoms with Crippen molar-refractivity contribution in [3.63, 3.8) is 0 Å². The number of aromatic nitrogens is 2. The van der Waals surface area contributed by atoms with E-state index >= 15 is 0 Å². The van der Waals surface area contributed by atoms with Crippen LogP contribution in [0.25, 0.3) is 0 Å². The molecule has 2 fully saturated rings. The van der Waals surface area contributed by atoms with Crippen molar-refractivity contribution in [1.82, 2.24) is 15.5 Å². The quantitative estimate of drug-likeness (QED) is 0.905. The lowest BCUT2D eigenvalue weighted by molar-refractivity contribution is 0.0151. The van der Waals surface area contributed by atoms with Gasteiger partial charge in [0.15, 0.2) is 5.82 Å². The minimum Gasteiger partial charge on any atom is -0.377 e. The van der Waals surface area contributed by atoms with Crippen LogP contribution in [0.3, 0.4) is 0 Å². The van der Waals surface area contributed by atoms with Crippen molar-refractivity contribution in [2.24, 2.45) is 0 Å². The van der Waals surface area contributed by atoms with Gasteiger partial charge in [-0.15, -0.1) is 5.10 Å². The Bertz CT molecular complexity index is 394. The van der Waals surface area contributed by atoms with E-state index in [1.807, 2.05) is 12.1 Å². The molecular formula is C15H24N4O. The normalized spacial score (nSPS) is 27.5. The molecule has 0 aromatic carbocycles. The van der Waals surface area contributed by atoms with Gasteiger partial charge in [-0.25, -0.2) is 0 Å². The fraction of sp³-hybridized carbons (Fsp3) is 0.733. The molecule has 110 valence electrons. The van der Waals surface area contributed by atoms with Crippen LogP contribution in [0.1, 0.15) is 32.1 Å². The second kappa shape index (κ2) is 6.99. The first-order valence-corrected chi connectivity index (χ1v) is 7.79. The van der Waals surface area contributed by atoms with Crippen molar-refractivity contribution < 1.29 is 4.74 Å². The Kier molecular flexibility index (Phi) is 4.82. The number of hydrogen-bond acceptors (Lipinski definition) is 5. The summed E-state index contributed by atoms with van der Waals surface area (Å²) in [5.74, 6) is 0.993. The van der Waals surface area contributed by atoms with Gasteiger partial charge in [0.2, 0.25) is 0 Å². The molecule has 5 nitrogen and oxygen atoms in total. The Balaban J connectivity index is 1.48. The second-order valence-corrected chi connectivity index (χ2v) is 5.76. The summed E-state index contributed by atoms with van der Waals surface area (Å²) in [4.78, 5) is 2.33. The monoisotopic (exact) mass is 276 g/mol. The van der Waals surface area contributed by atoms with Crippen LogP contribution in [0.4, 0.5) is 5.82 Å². The molecule has 5 heteroatoms. The van der Waals surface area contributed by atoms with Gasteiger partial charge >= 0.3 is 0 Å². The molecule has 2 aliphatic rings. The highest BCUT2D eigenvalue weighted by molar-refractivity contribution is 5.37. The second-order valence-electron chi connectivity index (χ2n) is 5.76. The van der Waals surface area contributed by atoms with Crippen molar-refractivity contribution in [2.75, 3.05) is 31.1 Å². The molecule has 1 N–H and O–H groups in total. The van der Waals surface area contributed by atoms with E-state index in [4.69, 9.17) is 4.74 Å². The van der Waals surface area contributed by atoms with E-state index < -0.39 is 0 Å². The lowest BCUT2D eigenvalue weighted by atomic mass is 10.0. The fourth-order valence-electron chi connectivity index (χ4n) is 3.08. The van der Waals surface area contributed by atoms with Crippen molar-refractivity contribution in [3.05, 3.63) is 18.3 Å². The molecule has 0 bridgehead atoms. The maximum Gasteiger partial charge on any atom is 0.151 e. The number of rotatable bonds is 4. The number of hydrogen-bond donors (Lipinski definition) is 1. The van der Waals surface area contributed by atoms with Crippen LogP contribution in [-0.4, -0.2) is 48.6 Å². The smallest absolute Gasteiger partial charge is 0.151 e. The van der Waals surface area contributed by atoms with Crippen LogP contribution >= 0.6 is 0 Å². The molecular weight excluding hydrogens is 252 g/mol. The third kappa shape index (κ3) is 3.67. The van der Waals surface area contributed by atoms with E-state index in [9.17, 15) is 0 Å². The first-order chi connectivity index (χ1) is 9.92. The number of nitrogens with one attached hydrogen (secondary N) is 1. The van der Waals surface area contributed by atoms with E-state index in [2.05, 4.69) is 20.4 Å². The molecule has 2 saturated heterocycles. The number of anilines is 1. The summed E-state index contributed by atoms with van der Waals surface area (Å²) in [6.07, 6.45) is 8.32. The van der Waals surface area contributed by atoms with E-state index in [-0.39, 0.29) is 0 Å². The highest BCUT2D eigenvalue weighted by atomic mass is 16.5. The summed E-state index contributed by atoms with van der Waals surface area (Å²) < 4.78 is 5.78. The average molecular weight is 276 g/mol. The summed E-state index contributed by atoms with van der Waals surface area (Å²) in [6.45, 7) is 4.02. The molecule has 0 amide bonds. The van der Waals surface area contributed by atoms with Crippen LogP contribution in [0.5, 0.6) is 0 Å². The van der Waals surface area contributed by atoms with Crippen LogP contribution in [0.15, 0.2) is 18.3 Å². The standard InChI is InChI=1S/C15H24N4O/c1-2-10-20-14(6-1)11-16-13-5-4-9-19(12-13)15-7-3-8-17-18-15/h3,7-8,13-14,16H,1-2,4-6,9-12H2/t13-,14-/m0/s1. The van der Waals surface area contributed by atoms with Gasteiger partial charge in [-0.05, 0) is 44.2 Å². The van der Waals surface area contributed by atoms with Gasteiger partial charge in [-0.3, -0.25) is 0 Å². The van der Waals surface area contributed by atoms with E-state index in [0.717, 1.165) is 32.1 Å². The maximum absolute atomic E-state index is 5.78. The molecule has 20 heavy (non-hydrogen) atoms. The molecule has 2 atom stereocenters. The highest BCUT2D eigenvalue weighted by Crippen LogP contribution is 2.17. The minimum absolute atomic E-state index is 0.413. The molecule has 0 saturated carbocycles. The molecule has 0 aliphatic carbocycles. The molecule has 0 unspecified atom stereocenters. The average Bonchev–Trinajstić information content (AvgIpc) is 2.55. The predicted molar refractivity (Wildman–Crippen MR) is 78.9 cm³/mol. The molecule has 2 aliphatic heterocycles. The lowest BCUT2D eigenvalue weighted by Crippen LogP contribution is -2.48. The Morgan fingerprint density at radius 3 is 3.10 bits per heavy atom. The van der Waals surface area contributed by atoms with Crippen molar-refractivity contribution in [1.29, 1.82) is 0 Å². The van der Waals surface area contributed by atoms with Crippen molar-refractivity contribution in [3.8, 4) is 0 Å².